The SMILES string of the molecule is Cc1cn(C)c2cccc(CC(C)(C)O)c12. The highest BCUT2D eigenvalue weighted by Crippen LogP contribution is 2.26. The lowest BCUT2D eigenvalue weighted by Gasteiger charge is -2.18. The standard InChI is InChI=1S/C14H19NO/c1-10-9-15(4)12-7-5-6-11(13(10)12)8-14(2,3)16/h5-7,9,16H,8H2,1-4H3. The molecule has 1 heterocycles. The van der Waals surface area contributed by atoms with E-state index in [1.165, 1.54) is 22.0 Å². The van der Waals surface area contributed by atoms with Crippen LogP contribution in [0.4, 0.5) is 0 Å². The molecular formula is C14H19NO. The predicted octanol–water partition coefficient (Wildman–Crippen LogP) is 2.80. The second kappa shape index (κ2) is 3.63. The zero-order valence-electron chi connectivity index (χ0n) is 10.4. The van der Waals surface area contributed by atoms with Gasteiger partial charge in [-0.2, -0.15) is 0 Å². The van der Waals surface area contributed by atoms with Gasteiger partial charge in [-0.25, -0.2) is 0 Å². The van der Waals surface area contributed by atoms with Crippen LogP contribution in [0.25, 0.3) is 10.9 Å². The zero-order valence-corrected chi connectivity index (χ0v) is 10.4. The maximum Gasteiger partial charge on any atom is 0.0632 e. The molecule has 86 valence electrons. The fourth-order valence-corrected chi connectivity index (χ4v) is 2.37. The average Bonchev–Trinajstić information content (AvgIpc) is 2.41. The molecule has 16 heavy (non-hydrogen) atoms. The first kappa shape index (κ1) is 11.2. The quantitative estimate of drug-likeness (QED) is 0.822. The molecule has 0 radical (unpaired) electrons. The lowest BCUT2D eigenvalue weighted by Crippen LogP contribution is -2.21. The molecule has 0 amide bonds. The molecule has 1 aromatic carbocycles. The second-order valence-electron chi connectivity index (χ2n) is 5.22. The number of nitrogens with zero attached hydrogens (tertiary/aromatic N) is 1. The van der Waals surface area contributed by atoms with Crippen molar-refractivity contribution in [3.05, 3.63) is 35.5 Å². The molecule has 0 aliphatic carbocycles. The third-order valence-electron chi connectivity index (χ3n) is 2.91. The Labute approximate surface area is 96.5 Å². The van der Waals surface area contributed by atoms with Crippen LogP contribution in [0.1, 0.15) is 25.0 Å². The average molecular weight is 217 g/mol. The topological polar surface area (TPSA) is 25.2 Å². The van der Waals surface area contributed by atoms with Gasteiger partial charge in [0, 0.05) is 30.6 Å². The van der Waals surface area contributed by atoms with Gasteiger partial charge in [0.15, 0.2) is 0 Å². The minimum Gasteiger partial charge on any atom is -0.390 e. The fraction of sp³-hybridized carbons (Fsp3) is 0.429. The maximum absolute atomic E-state index is 9.92. The Bertz CT molecular complexity index is 517. The Balaban J connectivity index is 2.62. The zero-order chi connectivity index (χ0) is 11.9. The van der Waals surface area contributed by atoms with Crippen LogP contribution in [0.5, 0.6) is 0 Å². The van der Waals surface area contributed by atoms with Crippen molar-refractivity contribution in [3.63, 3.8) is 0 Å². The molecule has 0 bridgehead atoms. The van der Waals surface area contributed by atoms with Gasteiger partial charge in [-0.15, -0.1) is 0 Å². The van der Waals surface area contributed by atoms with E-state index in [4.69, 9.17) is 0 Å². The molecule has 2 heteroatoms. The van der Waals surface area contributed by atoms with E-state index in [2.05, 4.69) is 42.9 Å². The Morgan fingerprint density at radius 3 is 2.62 bits per heavy atom. The molecule has 0 fully saturated rings. The maximum atomic E-state index is 9.92. The van der Waals surface area contributed by atoms with Gasteiger partial charge in [-0.1, -0.05) is 12.1 Å². The van der Waals surface area contributed by atoms with Gasteiger partial charge in [-0.3, -0.25) is 0 Å². The summed E-state index contributed by atoms with van der Waals surface area (Å²) in [7, 11) is 2.06. The number of benzene rings is 1. The van der Waals surface area contributed by atoms with Crippen molar-refractivity contribution in [2.24, 2.45) is 7.05 Å². The molecule has 0 spiro atoms. The van der Waals surface area contributed by atoms with Crippen LogP contribution in [-0.4, -0.2) is 15.3 Å². The minimum absolute atomic E-state index is 0.656. The monoisotopic (exact) mass is 217 g/mol. The van der Waals surface area contributed by atoms with E-state index in [1.807, 2.05) is 13.8 Å². The number of fused-ring (bicyclic) bond motifs is 1. The molecule has 1 N–H and O–H groups in total. The van der Waals surface area contributed by atoms with Crippen molar-refractivity contribution in [2.75, 3.05) is 0 Å². The molecular weight excluding hydrogens is 198 g/mol. The molecule has 0 aliphatic heterocycles. The third-order valence-corrected chi connectivity index (χ3v) is 2.91. The van der Waals surface area contributed by atoms with Crippen molar-refractivity contribution < 1.29 is 5.11 Å². The van der Waals surface area contributed by atoms with E-state index in [0.717, 1.165) is 0 Å². The van der Waals surface area contributed by atoms with Crippen LogP contribution < -0.4 is 0 Å². The summed E-state index contributed by atoms with van der Waals surface area (Å²) in [6.07, 6.45) is 2.83. The Hall–Kier alpha value is -1.28. The lowest BCUT2D eigenvalue weighted by atomic mass is 9.95. The van der Waals surface area contributed by atoms with Gasteiger partial charge in [0.25, 0.3) is 0 Å². The van der Waals surface area contributed by atoms with E-state index in [0.29, 0.717) is 6.42 Å². The van der Waals surface area contributed by atoms with E-state index in [1.54, 1.807) is 0 Å². The first-order chi connectivity index (χ1) is 7.38. The van der Waals surface area contributed by atoms with Crippen molar-refractivity contribution in [3.8, 4) is 0 Å². The first-order valence-corrected chi connectivity index (χ1v) is 5.64. The number of aryl methyl sites for hydroxylation is 2. The second-order valence-corrected chi connectivity index (χ2v) is 5.22. The number of aliphatic hydroxyl groups is 1. The van der Waals surface area contributed by atoms with E-state index in [9.17, 15) is 5.11 Å². The Morgan fingerprint density at radius 1 is 1.31 bits per heavy atom. The smallest absolute Gasteiger partial charge is 0.0632 e. The van der Waals surface area contributed by atoms with Gasteiger partial charge in [0.1, 0.15) is 0 Å². The summed E-state index contributed by atoms with van der Waals surface area (Å²) in [5.74, 6) is 0. The van der Waals surface area contributed by atoms with Gasteiger partial charge in [0.05, 0.1) is 5.60 Å². The summed E-state index contributed by atoms with van der Waals surface area (Å²) in [6.45, 7) is 5.82. The summed E-state index contributed by atoms with van der Waals surface area (Å²) in [5, 5.41) is 11.2. The van der Waals surface area contributed by atoms with Crippen LogP contribution in [0, 0.1) is 6.92 Å². The van der Waals surface area contributed by atoms with E-state index in [-0.39, 0.29) is 0 Å². The predicted molar refractivity (Wildman–Crippen MR) is 67.7 cm³/mol. The van der Waals surface area contributed by atoms with Gasteiger partial charge in [0.2, 0.25) is 0 Å². The largest absolute Gasteiger partial charge is 0.390 e. The van der Waals surface area contributed by atoms with Crippen LogP contribution in [0.15, 0.2) is 24.4 Å². The number of aromatic nitrogens is 1. The minimum atomic E-state index is -0.656. The van der Waals surface area contributed by atoms with Crippen LogP contribution in [0.2, 0.25) is 0 Å². The Morgan fingerprint density at radius 2 is 2.00 bits per heavy atom. The Kier molecular flexibility index (Phi) is 2.55. The van der Waals surface area contributed by atoms with E-state index >= 15 is 0 Å². The van der Waals surface area contributed by atoms with Crippen LogP contribution >= 0.6 is 0 Å². The summed E-state index contributed by atoms with van der Waals surface area (Å²) in [4.78, 5) is 0. The van der Waals surface area contributed by atoms with Crippen molar-refractivity contribution in [1.29, 1.82) is 0 Å². The third kappa shape index (κ3) is 1.98. The molecule has 2 aromatic rings. The highest BCUT2D eigenvalue weighted by molar-refractivity contribution is 5.87. The number of hydrogen-bond donors (Lipinski definition) is 1. The van der Waals surface area contributed by atoms with Crippen molar-refractivity contribution in [2.45, 2.75) is 32.8 Å². The molecule has 0 aliphatic rings. The van der Waals surface area contributed by atoms with Crippen molar-refractivity contribution in [1.82, 2.24) is 4.57 Å². The molecule has 1 aromatic heterocycles. The highest BCUT2D eigenvalue weighted by Gasteiger charge is 2.16. The summed E-state index contributed by atoms with van der Waals surface area (Å²) in [6, 6.07) is 6.28. The molecule has 0 unspecified atom stereocenters. The summed E-state index contributed by atoms with van der Waals surface area (Å²) < 4.78 is 2.14. The molecule has 2 nitrogen and oxygen atoms in total. The number of hydrogen-bond acceptors (Lipinski definition) is 1. The number of rotatable bonds is 2. The van der Waals surface area contributed by atoms with Crippen LogP contribution in [-0.2, 0) is 13.5 Å². The molecule has 2 rings (SSSR count). The molecule has 0 saturated carbocycles. The highest BCUT2D eigenvalue weighted by atomic mass is 16.3. The normalized spacial score (nSPS) is 12.3. The van der Waals surface area contributed by atoms with Gasteiger partial charge < -0.3 is 9.67 Å². The van der Waals surface area contributed by atoms with Crippen molar-refractivity contribution >= 4 is 10.9 Å². The first-order valence-electron chi connectivity index (χ1n) is 5.64. The summed E-state index contributed by atoms with van der Waals surface area (Å²) >= 11 is 0. The summed E-state index contributed by atoms with van der Waals surface area (Å²) in [5.41, 5.74) is 3.08. The van der Waals surface area contributed by atoms with Crippen LogP contribution in [0.3, 0.4) is 0 Å². The molecule has 0 saturated heterocycles. The molecule has 0 atom stereocenters. The fourth-order valence-electron chi connectivity index (χ4n) is 2.37. The lowest BCUT2D eigenvalue weighted by molar-refractivity contribution is 0.0813. The van der Waals surface area contributed by atoms with Gasteiger partial charge in [-0.05, 0) is 38.0 Å². The van der Waals surface area contributed by atoms with E-state index < -0.39 is 5.60 Å². The van der Waals surface area contributed by atoms with Gasteiger partial charge >= 0.3 is 0 Å².